The molecule has 0 aliphatic carbocycles. The normalized spacial score (nSPS) is 13.4. The predicted molar refractivity (Wildman–Crippen MR) is 107 cm³/mol. The first kappa shape index (κ1) is 25.1. The summed E-state index contributed by atoms with van der Waals surface area (Å²) in [5, 5.41) is 6.56. The van der Waals surface area contributed by atoms with Crippen molar-refractivity contribution in [2.24, 2.45) is 10.4 Å². The van der Waals surface area contributed by atoms with Crippen molar-refractivity contribution in [3.05, 3.63) is 0 Å². The number of hydrogen-bond acceptors (Lipinski definition) is 4. The van der Waals surface area contributed by atoms with Gasteiger partial charge in [0.2, 0.25) is 0 Å². The highest BCUT2D eigenvalue weighted by Crippen LogP contribution is 2.21. The van der Waals surface area contributed by atoms with Crippen LogP contribution in [-0.2, 0) is 14.2 Å². The molecule has 140 valence electrons. The number of guanidine groups is 1. The van der Waals surface area contributed by atoms with Gasteiger partial charge in [0.1, 0.15) is 0 Å². The molecule has 0 spiro atoms. The summed E-state index contributed by atoms with van der Waals surface area (Å²) in [4.78, 5) is 4.61. The summed E-state index contributed by atoms with van der Waals surface area (Å²) in [7, 11) is 3.41. The first-order valence-corrected chi connectivity index (χ1v) is 8.07. The average Bonchev–Trinajstić information content (AvgIpc) is 2.45. The van der Waals surface area contributed by atoms with Gasteiger partial charge < -0.3 is 24.8 Å². The topological polar surface area (TPSA) is 64.1 Å². The first-order chi connectivity index (χ1) is 10.5. The Kier molecular flexibility index (Phi) is 16.8. The van der Waals surface area contributed by atoms with E-state index < -0.39 is 0 Å². The maximum Gasteiger partial charge on any atom is 0.191 e. The third-order valence-electron chi connectivity index (χ3n) is 3.20. The zero-order valence-electron chi connectivity index (χ0n) is 15.6. The van der Waals surface area contributed by atoms with Crippen LogP contribution >= 0.6 is 24.0 Å². The number of rotatable bonds is 11. The second kappa shape index (κ2) is 15.4. The maximum atomic E-state index is 5.53. The van der Waals surface area contributed by atoms with Crippen molar-refractivity contribution in [2.75, 3.05) is 53.7 Å². The molecule has 0 fully saturated rings. The molecular weight excluding hydrogens is 409 g/mol. The molecule has 0 aliphatic rings. The Labute approximate surface area is 159 Å². The fraction of sp³-hybridized carbons (Fsp3) is 0.938. The summed E-state index contributed by atoms with van der Waals surface area (Å²) in [6.45, 7) is 12.8. The van der Waals surface area contributed by atoms with Gasteiger partial charge >= 0.3 is 0 Å². The zero-order valence-corrected chi connectivity index (χ0v) is 17.9. The third kappa shape index (κ3) is 14.0. The summed E-state index contributed by atoms with van der Waals surface area (Å²) < 4.78 is 15.9. The van der Waals surface area contributed by atoms with Crippen molar-refractivity contribution in [1.29, 1.82) is 0 Å². The van der Waals surface area contributed by atoms with Gasteiger partial charge in [-0.3, -0.25) is 4.99 Å². The van der Waals surface area contributed by atoms with Crippen molar-refractivity contribution >= 4 is 29.9 Å². The van der Waals surface area contributed by atoms with Crippen LogP contribution in [0.2, 0.25) is 0 Å². The number of aliphatic imine (C=N–C) groups is 1. The van der Waals surface area contributed by atoms with Crippen LogP contribution in [0.4, 0.5) is 0 Å². The monoisotopic (exact) mass is 445 g/mol. The molecule has 0 aromatic carbocycles. The van der Waals surface area contributed by atoms with E-state index in [1.165, 1.54) is 0 Å². The fourth-order valence-corrected chi connectivity index (χ4v) is 1.84. The molecule has 0 aromatic heterocycles. The minimum Gasteiger partial charge on any atom is -0.382 e. The van der Waals surface area contributed by atoms with Crippen molar-refractivity contribution < 1.29 is 14.2 Å². The van der Waals surface area contributed by atoms with Gasteiger partial charge in [0.15, 0.2) is 5.96 Å². The molecule has 0 radical (unpaired) electrons. The highest BCUT2D eigenvalue weighted by atomic mass is 127. The molecule has 1 unspecified atom stereocenters. The zero-order chi connectivity index (χ0) is 16.8. The molecule has 2 N–H and O–H groups in total. The predicted octanol–water partition coefficient (Wildman–Crippen LogP) is 2.27. The standard InChI is InChI=1S/C16H35N3O3.HI/c1-7-17-15(18-9-8-10-22-12-11-20-5)19-13-14(21-6)16(2,3)4;/h14H,7-13H2,1-6H3,(H2,17,18,19);1H. The minimum atomic E-state index is 0. The Balaban J connectivity index is 0. The molecule has 23 heavy (non-hydrogen) atoms. The number of halogens is 1. The van der Waals surface area contributed by atoms with E-state index in [1.54, 1.807) is 14.2 Å². The van der Waals surface area contributed by atoms with Gasteiger partial charge in [0.25, 0.3) is 0 Å². The van der Waals surface area contributed by atoms with E-state index in [0.29, 0.717) is 19.8 Å². The van der Waals surface area contributed by atoms with Crippen molar-refractivity contribution in [3.8, 4) is 0 Å². The van der Waals surface area contributed by atoms with Crippen LogP contribution < -0.4 is 10.6 Å². The second-order valence-corrected chi connectivity index (χ2v) is 6.20. The van der Waals surface area contributed by atoms with Crippen LogP contribution in [0, 0.1) is 5.41 Å². The number of hydrogen-bond donors (Lipinski definition) is 2. The second-order valence-electron chi connectivity index (χ2n) is 6.20. The Hall–Kier alpha value is -0.120. The molecule has 1 atom stereocenters. The summed E-state index contributed by atoms with van der Waals surface area (Å²) in [6, 6.07) is 0. The lowest BCUT2D eigenvalue weighted by molar-refractivity contribution is 0.0241. The maximum absolute atomic E-state index is 5.53. The highest BCUT2D eigenvalue weighted by Gasteiger charge is 2.23. The Morgan fingerprint density at radius 2 is 1.78 bits per heavy atom. The van der Waals surface area contributed by atoms with Gasteiger partial charge in [-0.15, -0.1) is 24.0 Å². The summed E-state index contributed by atoms with van der Waals surface area (Å²) in [5.74, 6) is 0.825. The first-order valence-electron chi connectivity index (χ1n) is 8.07. The quantitative estimate of drug-likeness (QED) is 0.221. The van der Waals surface area contributed by atoms with E-state index in [4.69, 9.17) is 14.2 Å². The van der Waals surface area contributed by atoms with Gasteiger partial charge in [-0.1, -0.05) is 20.8 Å². The summed E-state index contributed by atoms with van der Waals surface area (Å²) in [5.41, 5.74) is 0.0742. The van der Waals surface area contributed by atoms with E-state index in [9.17, 15) is 0 Å². The summed E-state index contributed by atoms with van der Waals surface area (Å²) in [6.07, 6.45) is 1.03. The lowest BCUT2D eigenvalue weighted by atomic mass is 9.89. The van der Waals surface area contributed by atoms with Gasteiger partial charge in [0.05, 0.1) is 25.9 Å². The van der Waals surface area contributed by atoms with E-state index in [-0.39, 0.29) is 35.5 Å². The van der Waals surface area contributed by atoms with Crippen molar-refractivity contribution in [1.82, 2.24) is 10.6 Å². The molecular formula is C16H36IN3O3. The number of nitrogens with one attached hydrogen (secondary N) is 2. The third-order valence-corrected chi connectivity index (χ3v) is 3.20. The SMILES string of the molecule is CCNC(=NCC(OC)C(C)(C)C)NCCCOCCOC.I. The molecule has 0 saturated carbocycles. The molecule has 7 heteroatoms. The Bertz CT molecular complexity index is 297. The Morgan fingerprint density at radius 3 is 2.30 bits per heavy atom. The van der Waals surface area contributed by atoms with Crippen LogP contribution in [0.15, 0.2) is 4.99 Å². The van der Waals surface area contributed by atoms with Crippen LogP contribution in [-0.4, -0.2) is 65.7 Å². The lowest BCUT2D eigenvalue weighted by Crippen LogP contribution is -2.40. The van der Waals surface area contributed by atoms with Gasteiger partial charge in [-0.25, -0.2) is 0 Å². The molecule has 0 amide bonds. The Morgan fingerprint density at radius 1 is 1.09 bits per heavy atom. The van der Waals surface area contributed by atoms with Gasteiger partial charge in [0, 0.05) is 33.9 Å². The van der Waals surface area contributed by atoms with E-state index in [0.717, 1.165) is 32.1 Å². The highest BCUT2D eigenvalue weighted by molar-refractivity contribution is 14.0. The molecule has 0 rings (SSSR count). The molecule has 6 nitrogen and oxygen atoms in total. The van der Waals surface area contributed by atoms with E-state index in [2.05, 4.69) is 43.3 Å². The average molecular weight is 445 g/mol. The fourth-order valence-electron chi connectivity index (χ4n) is 1.84. The van der Waals surface area contributed by atoms with Crippen molar-refractivity contribution in [3.63, 3.8) is 0 Å². The van der Waals surface area contributed by atoms with Crippen LogP contribution in [0.1, 0.15) is 34.1 Å². The molecule has 0 saturated heterocycles. The lowest BCUT2D eigenvalue weighted by Gasteiger charge is -2.28. The minimum absolute atomic E-state index is 0. The number of nitrogens with zero attached hydrogens (tertiary/aromatic N) is 1. The molecule has 0 bridgehead atoms. The van der Waals surface area contributed by atoms with Crippen molar-refractivity contribution in [2.45, 2.75) is 40.2 Å². The van der Waals surface area contributed by atoms with E-state index >= 15 is 0 Å². The largest absolute Gasteiger partial charge is 0.382 e. The van der Waals surface area contributed by atoms with Crippen LogP contribution in [0.3, 0.4) is 0 Å². The van der Waals surface area contributed by atoms with Gasteiger partial charge in [-0.2, -0.15) is 0 Å². The van der Waals surface area contributed by atoms with Gasteiger partial charge in [-0.05, 0) is 18.8 Å². The number of methoxy groups -OCH3 is 2. The molecule has 0 heterocycles. The molecule has 0 aliphatic heterocycles. The summed E-state index contributed by atoms with van der Waals surface area (Å²) >= 11 is 0. The van der Waals surface area contributed by atoms with Crippen LogP contribution in [0.25, 0.3) is 0 Å². The van der Waals surface area contributed by atoms with Crippen LogP contribution in [0.5, 0.6) is 0 Å². The smallest absolute Gasteiger partial charge is 0.191 e. The number of ether oxygens (including phenoxy) is 3. The molecule has 0 aromatic rings. The van der Waals surface area contributed by atoms with E-state index in [1.807, 2.05) is 0 Å².